The molecule has 1 saturated heterocycles. The molecule has 2 heterocycles. The van der Waals surface area contributed by atoms with E-state index in [0.717, 1.165) is 44.0 Å². The van der Waals surface area contributed by atoms with Gasteiger partial charge in [-0.3, -0.25) is 0 Å². The van der Waals surface area contributed by atoms with Crippen LogP contribution in [0.15, 0.2) is 18.3 Å². The zero-order chi connectivity index (χ0) is 14.4. The molecule has 1 atom stereocenters. The fourth-order valence-electron chi connectivity index (χ4n) is 2.74. The topological polar surface area (TPSA) is 48.4 Å². The van der Waals surface area contributed by atoms with Gasteiger partial charge in [0.1, 0.15) is 0 Å². The highest BCUT2D eigenvalue weighted by molar-refractivity contribution is 5.65. The molecule has 1 fully saturated rings. The Morgan fingerprint density at radius 3 is 2.90 bits per heavy atom. The van der Waals surface area contributed by atoms with Gasteiger partial charge in [0.2, 0.25) is 0 Å². The number of aromatic nitrogens is 1. The maximum Gasteiger partial charge on any atom is 0.151 e. The third kappa shape index (κ3) is 4.10. The summed E-state index contributed by atoms with van der Waals surface area (Å²) in [6, 6.07) is 4.08. The minimum atomic E-state index is -0.143. The molecule has 0 aliphatic carbocycles. The van der Waals surface area contributed by atoms with Gasteiger partial charge < -0.3 is 15.3 Å². The van der Waals surface area contributed by atoms with Gasteiger partial charge in [-0.2, -0.15) is 0 Å². The summed E-state index contributed by atoms with van der Waals surface area (Å²) in [5, 5.41) is 13.2. The molecule has 1 aliphatic heterocycles. The summed E-state index contributed by atoms with van der Waals surface area (Å²) < 4.78 is 0. The van der Waals surface area contributed by atoms with Crippen molar-refractivity contribution >= 4 is 11.5 Å². The molecule has 2 N–H and O–H groups in total. The lowest BCUT2D eigenvalue weighted by Crippen LogP contribution is -2.36. The molecule has 4 nitrogen and oxygen atoms in total. The second-order valence-electron chi connectivity index (χ2n) is 5.87. The molecule has 1 aromatic rings. The molecule has 0 spiro atoms. The number of aliphatic hydroxyl groups excluding tert-OH is 1. The molecule has 1 aliphatic rings. The summed E-state index contributed by atoms with van der Waals surface area (Å²) >= 11 is 0. The number of pyridine rings is 1. The summed E-state index contributed by atoms with van der Waals surface area (Å²) in [6.45, 7) is 7.27. The Kier molecular flexibility index (Phi) is 5.65. The second-order valence-corrected chi connectivity index (χ2v) is 5.87. The van der Waals surface area contributed by atoms with Gasteiger partial charge in [0.25, 0.3) is 0 Å². The first-order valence-corrected chi connectivity index (χ1v) is 7.82. The van der Waals surface area contributed by atoms with Crippen LogP contribution in [0.1, 0.15) is 39.5 Å². The molecule has 2 rings (SSSR count). The van der Waals surface area contributed by atoms with E-state index in [2.05, 4.69) is 35.1 Å². The van der Waals surface area contributed by atoms with Gasteiger partial charge in [-0.15, -0.1) is 0 Å². The molecule has 1 unspecified atom stereocenters. The normalized spacial score (nSPS) is 18.1. The van der Waals surface area contributed by atoms with Gasteiger partial charge >= 0.3 is 0 Å². The Labute approximate surface area is 122 Å². The Bertz CT molecular complexity index is 402. The molecule has 0 amide bonds. The molecule has 0 saturated carbocycles. The average Bonchev–Trinajstić information content (AvgIpc) is 2.47. The van der Waals surface area contributed by atoms with Gasteiger partial charge in [0, 0.05) is 25.8 Å². The van der Waals surface area contributed by atoms with Crippen LogP contribution in [0.25, 0.3) is 0 Å². The average molecular weight is 277 g/mol. The smallest absolute Gasteiger partial charge is 0.151 e. The van der Waals surface area contributed by atoms with Gasteiger partial charge in [0.05, 0.1) is 11.8 Å². The third-order valence-corrected chi connectivity index (χ3v) is 3.97. The van der Waals surface area contributed by atoms with Crippen molar-refractivity contribution in [3.63, 3.8) is 0 Å². The van der Waals surface area contributed by atoms with Crippen molar-refractivity contribution in [3.05, 3.63) is 18.3 Å². The Hall–Kier alpha value is -1.29. The molecule has 20 heavy (non-hydrogen) atoms. The van der Waals surface area contributed by atoms with Gasteiger partial charge in [0.15, 0.2) is 5.82 Å². The van der Waals surface area contributed by atoms with Crippen molar-refractivity contribution in [2.45, 2.75) is 45.6 Å². The van der Waals surface area contributed by atoms with Crippen LogP contribution in [0, 0.1) is 5.92 Å². The summed E-state index contributed by atoms with van der Waals surface area (Å²) in [6.07, 6.45) is 5.85. The predicted molar refractivity (Wildman–Crippen MR) is 84.3 cm³/mol. The van der Waals surface area contributed by atoms with E-state index in [-0.39, 0.29) is 6.10 Å². The molecular formula is C16H27N3O. The maximum atomic E-state index is 9.62. The van der Waals surface area contributed by atoms with Crippen LogP contribution in [0.2, 0.25) is 0 Å². The minimum Gasteiger partial charge on any atom is -0.393 e. The first-order chi connectivity index (χ1) is 9.70. The number of piperidine rings is 1. The van der Waals surface area contributed by atoms with Gasteiger partial charge in [-0.1, -0.05) is 20.3 Å². The van der Waals surface area contributed by atoms with E-state index in [1.54, 1.807) is 0 Å². The number of anilines is 2. The van der Waals surface area contributed by atoms with E-state index in [1.807, 2.05) is 12.3 Å². The van der Waals surface area contributed by atoms with Crippen molar-refractivity contribution in [2.75, 3.05) is 29.9 Å². The van der Waals surface area contributed by atoms with Crippen LogP contribution in [-0.4, -0.2) is 35.8 Å². The number of nitrogens with zero attached hydrogens (tertiary/aromatic N) is 2. The van der Waals surface area contributed by atoms with Crippen LogP contribution in [0.5, 0.6) is 0 Å². The van der Waals surface area contributed by atoms with Crippen molar-refractivity contribution in [1.82, 2.24) is 4.98 Å². The van der Waals surface area contributed by atoms with Crippen molar-refractivity contribution in [1.29, 1.82) is 0 Å². The van der Waals surface area contributed by atoms with Crippen LogP contribution < -0.4 is 10.2 Å². The van der Waals surface area contributed by atoms with Crippen LogP contribution >= 0.6 is 0 Å². The zero-order valence-corrected chi connectivity index (χ0v) is 12.7. The highest BCUT2D eigenvalue weighted by Crippen LogP contribution is 2.26. The molecule has 0 aromatic carbocycles. The number of hydrogen-bond acceptors (Lipinski definition) is 4. The summed E-state index contributed by atoms with van der Waals surface area (Å²) in [7, 11) is 0. The lowest BCUT2D eigenvalue weighted by atomic mass is 10.1. The fraction of sp³-hybridized carbons (Fsp3) is 0.688. The van der Waals surface area contributed by atoms with Gasteiger partial charge in [-0.25, -0.2) is 4.98 Å². The fourth-order valence-corrected chi connectivity index (χ4v) is 2.74. The zero-order valence-electron chi connectivity index (χ0n) is 12.7. The van der Waals surface area contributed by atoms with E-state index in [1.165, 1.54) is 12.8 Å². The first-order valence-electron chi connectivity index (χ1n) is 7.82. The molecule has 0 radical (unpaired) electrons. The standard InChI is InChI=1S/C16H27N3O/c1-3-5-13(2)12-18-15-6-4-9-17-16(15)19-10-7-14(20)8-11-19/h4,6,9,13-14,18,20H,3,5,7-8,10-12H2,1-2H3. The van der Waals surface area contributed by atoms with E-state index >= 15 is 0 Å². The van der Waals surface area contributed by atoms with E-state index in [4.69, 9.17) is 0 Å². The quantitative estimate of drug-likeness (QED) is 0.839. The monoisotopic (exact) mass is 277 g/mol. The highest BCUT2D eigenvalue weighted by Gasteiger charge is 2.20. The maximum absolute atomic E-state index is 9.62. The molecule has 112 valence electrons. The van der Waals surface area contributed by atoms with Crippen molar-refractivity contribution < 1.29 is 5.11 Å². The van der Waals surface area contributed by atoms with Crippen LogP contribution in [-0.2, 0) is 0 Å². The predicted octanol–water partition coefficient (Wildman–Crippen LogP) is 2.89. The third-order valence-electron chi connectivity index (χ3n) is 3.97. The lowest BCUT2D eigenvalue weighted by molar-refractivity contribution is 0.145. The number of hydrogen-bond donors (Lipinski definition) is 2. The van der Waals surface area contributed by atoms with Gasteiger partial charge in [-0.05, 0) is 37.3 Å². The molecule has 1 aromatic heterocycles. The molecular weight excluding hydrogens is 250 g/mol. The first kappa shape index (κ1) is 15.1. The minimum absolute atomic E-state index is 0.143. The van der Waals surface area contributed by atoms with Crippen LogP contribution in [0.4, 0.5) is 11.5 Å². The second kappa shape index (κ2) is 7.48. The summed E-state index contributed by atoms with van der Waals surface area (Å²) in [5.41, 5.74) is 1.12. The Balaban J connectivity index is 1.99. The van der Waals surface area contributed by atoms with E-state index in [9.17, 15) is 5.11 Å². The summed E-state index contributed by atoms with van der Waals surface area (Å²) in [5.74, 6) is 1.71. The number of nitrogens with one attached hydrogen (secondary N) is 1. The number of aliphatic hydroxyl groups is 1. The van der Waals surface area contributed by atoms with Crippen molar-refractivity contribution in [3.8, 4) is 0 Å². The molecule has 4 heteroatoms. The number of rotatable bonds is 6. The van der Waals surface area contributed by atoms with E-state index in [0.29, 0.717) is 5.92 Å². The molecule has 0 bridgehead atoms. The van der Waals surface area contributed by atoms with Crippen LogP contribution in [0.3, 0.4) is 0 Å². The Morgan fingerprint density at radius 2 is 2.20 bits per heavy atom. The SMILES string of the molecule is CCCC(C)CNc1cccnc1N1CCC(O)CC1. The Morgan fingerprint density at radius 1 is 1.45 bits per heavy atom. The summed E-state index contributed by atoms with van der Waals surface area (Å²) in [4.78, 5) is 6.81. The lowest BCUT2D eigenvalue weighted by Gasteiger charge is -2.32. The van der Waals surface area contributed by atoms with E-state index < -0.39 is 0 Å². The highest BCUT2D eigenvalue weighted by atomic mass is 16.3. The van der Waals surface area contributed by atoms with Crippen molar-refractivity contribution in [2.24, 2.45) is 5.92 Å². The largest absolute Gasteiger partial charge is 0.393 e.